The monoisotopic (exact) mass is 294 g/mol. The molecule has 6 heteroatoms. The van der Waals surface area contributed by atoms with Crippen molar-refractivity contribution in [2.24, 2.45) is 5.73 Å². The van der Waals surface area contributed by atoms with Gasteiger partial charge in [0.2, 0.25) is 6.43 Å². The van der Waals surface area contributed by atoms with Gasteiger partial charge in [0.15, 0.2) is 0 Å². The second-order valence-corrected chi connectivity index (χ2v) is 4.15. The first kappa shape index (κ1) is 17.9. The van der Waals surface area contributed by atoms with Crippen molar-refractivity contribution in [3.8, 4) is 5.75 Å². The number of hydrogen-bond donors (Lipinski definition) is 2. The van der Waals surface area contributed by atoms with Crippen molar-refractivity contribution in [2.75, 3.05) is 18.0 Å². The van der Waals surface area contributed by atoms with E-state index in [0.717, 1.165) is 18.8 Å². The van der Waals surface area contributed by atoms with Crippen LogP contribution >= 0.6 is 12.4 Å². The van der Waals surface area contributed by atoms with Crippen LogP contribution in [0.25, 0.3) is 0 Å². The minimum atomic E-state index is -2.47. The zero-order valence-corrected chi connectivity index (χ0v) is 12.0. The van der Waals surface area contributed by atoms with Gasteiger partial charge in [-0.1, -0.05) is 6.07 Å². The number of alkyl halides is 2. The molecule has 0 amide bonds. The summed E-state index contributed by atoms with van der Waals surface area (Å²) in [7, 11) is 0. The zero-order chi connectivity index (χ0) is 13.7. The third kappa shape index (κ3) is 4.84. The molecule has 0 aliphatic carbocycles. The molecule has 3 N–H and O–H groups in total. The minimum absolute atomic E-state index is 0. The predicted octanol–water partition coefficient (Wildman–Crippen LogP) is 3.32. The van der Waals surface area contributed by atoms with E-state index in [-0.39, 0.29) is 18.2 Å². The van der Waals surface area contributed by atoms with Gasteiger partial charge >= 0.3 is 0 Å². The number of halogens is 3. The lowest BCUT2D eigenvalue weighted by Gasteiger charge is -2.22. The van der Waals surface area contributed by atoms with Gasteiger partial charge in [-0.25, -0.2) is 8.78 Å². The molecule has 1 atom stereocenters. The number of nitrogens with zero attached hydrogens (tertiary/aromatic N) is 1. The molecule has 0 radical (unpaired) electrons. The van der Waals surface area contributed by atoms with Gasteiger partial charge in [0, 0.05) is 42.9 Å². The Bertz CT molecular complexity index is 387. The molecule has 0 aliphatic rings. The Labute approximate surface area is 118 Å². The highest BCUT2D eigenvalue weighted by atomic mass is 35.5. The van der Waals surface area contributed by atoms with E-state index in [1.165, 1.54) is 0 Å². The first-order valence-corrected chi connectivity index (χ1v) is 6.11. The van der Waals surface area contributed by atoms with Crippen LogP contribution in [0.3, 0.4) is 0 Å². The van der Waals surface area contributed by atoms with Crippen LogP contribution in [0.15, 0.2) is 18.2 Å². The standard InChI is InChI=1S/C13H20F2N2O.ClH/c1-3-17(4-2)9-5-6-10(12(18)7-9)11(16)8-13(14)15;/h5-7,11,13,18H,3-4,8,16H2,1-2H3;1H/t11-;/m1./s1. The Balaban J connectivity index is 0.00000324. The van der Waals surface area contributed by atoms with Gasteiger partial charge in [-0.2, -0.15) is 0 Å². The maximum atomic E-state index is 12.2. The smallest absolute Gasteiger partial charge is 0.240 e. The molecule has 0 fully saturated rings. The van der Waals surface area contributed by atoms with Gasteiger partial charge in [0.25, 0.3) is 0 Å². The van der Waals surface area contributed by atoms with Crippen LogP contribution in [0.5, 0.6) is 5.75 Å². The average Bonchev–Trinajstić information content (AvgIpc) is 2.29. The first-order valence-electron chi connectivity index (χ1n) is 6.11. The van der Waals surface area contributed by atoms with Gasteiger partial charge in [0.05, 0.1) is 0 Å². The summed E-state index contributed by atoms with van der Waals surface area (Å²) in [6, 6.07) is 4.16. The number of benzene rings is 1. The molecule has 0 aromatic heterocycles. The van der Waals surface area contributed by atoms with Crippen LogP contribution in [-0.2, 0) is 0 Å². The van der Waals surface area contributed by atoms with E-state index in [1.807, 2.05) is 13.8 Å². The van der Waals surface area contributed by atoms with Crippen molar-refractivity contribution in [3.63, 3.8) is 0 Å². The van der Waals surface area contributed by atoms with E-state index < -0.39 is 18.9 Å². The third-order valence-corrected chi connectivity index (χ3v) is 2.97. The van der Waals surface area contributed by atoms with Crippen LogP contribution in [0.1, 0.15) is 31.9 Å². The van der Waals surface area contributed by atoms with E-state index in [4.69, 9.17) is 5.73 Å². The average molecular weight is 295 g/mol. The highest BCUT2D eigenvalue weighted by Crippen LogP contribution is 2.30. The lowest BCUT2D eigenvalue weighted by Crippen LogP contribution is -2.22. The normalized spacial score (nSPS) is 12.1. The van der Waals surface area contributed by atoms with Gasteiger partial charge in [0.1, 0.15) is 5.75 Å². The summed E-state index contributed by atoms with van der Waals surface area (Å²) in [5.41, 5.74) is 6.87. The molecule has 0 spiro atoms. The Morgan fingerprint density at radius 1 is 1.26 bits per heavy atom. The molecule has 1 rings (SSSR count). The SMILES string of the molecule is CCN(CC)c1ccc([C@H](N)CC(F)F)c(O)c1.Cl. The molecule has 1 aromatic rings. The van der Waals surface area contributed by atoms with E-state index in [0.29, 0.717) is 5.56 Å². The van der Waals surface area contributed by atoms with Crippen molar-refractivity contribution >= 4 is 18.1 Å². The van der Waals surface area contributed by atoms with Crippen molar-refractivity contribution in [1.29, 1.82) is 0 Å². The predicted molar refractivity (Wildman–Crippen MR) is 76.5 cm³/mol. The van der Waals surface area contributed by atoms with Gasteiger partial charge in [-0.15, -0.1) is 12.4 Å². The minimum Gasteiger partial charge on any atom is -0.508 e. The number of phenols is 1. The molecule has 0 bridgehead atoms. The Morgan fingerprint density at radius 2 is 1.84 bits per heavy atom. The highest BCUT2D eigenvalue weighted by Gasteiger charge is 2.17. The maximum absolute atomic E-state index is 12.2. The van der Waals surface area contributed by atoms with Crippen LogP contribution in [0, 0.1) is 0 Å². The topological polar surface area (TPSA) is 49.5 Å². The number of phenolic OH excluding ortho intramolecular Hbond substituents is 1. The lowest BCUT2D eigenvalue weighted by atomic mass is 10.0. The third-order valence-electron chi connectivity index (χ3n) is 2.97. The largest absolute Gasteiger partial charge is 0.508 e. The molecular weight excluding hydrogens is 274 g/mol. The maximum Gasteiger partial charge on any atom is 0.240 e. The quantitative estimate of drug-likeness (QED) is 0.846. The Hall–Kier alpha value is -1.07. The van der Waals surface area contributed by atoms with Crippen LogP contribution in [0.2, 0.25) is 0 Å². The molecule has 19 heavy (non-hydrogen) atoms. The highest BCUT2D eigenvalue weighted by molar-refractivity contribution is 5.85. The fourth-order valence-electron chi connectivity index (χ4n) is 1.95. The van der Waals surface area contributed by atoms with Gasteiger partial charge in [-0.3, -0.25) is 0 Å². The van der Waals surface area contributed by atoms with E-state index in [1.54, 1.807) is 18.2 Å². The Kier molecular flexibility index (Phi) is 7.71. The van der Waals surface area contributed by atoms with Crippen molar-refractivity contribution in [3.05, 3.63) is 23.8 Å². The fourth-order valence-corrected chi connectivity index (χ4v) is 1.95. The molecule has 0 aliphatic heterocycles. The van der Waals surface area contributed by atoms with Crippen LogP contribution < -0.4 is 10.6 Å². The van der Waals surface area contributed by atoms with Crippen molar-refractivity contribution < 1.29 is 13.9 Å². The van der Waals surface area contributed by atoms with Crippen LogP contribution in [0.4, 0.5) is 14.5 Å². The molecule has 0 unspecified atom stereocenters. The number of aromatic hydroxyl groups is 1. The number of rotatable bonds is 6. The van der Waals surface area contributed by atoms with Crippen molar-refractivity contribution in [1.82, 2.24) is 0 Å². The molecule has 1 aromatic carbocycles. The van der Waals surface area contributed by atoms with Gasteiger partial charge in [-0.05, 0) is 19.9 Å². The van der Waals surface area contributed by atoms with Crippen molar-refractivity contribution in [2.45, 2.75) is 32.7 Å². The summed E-state index contributed by atoms with van der Waals surface area (Å²) in [6.45, 7) is 5.66. The molecule has 0 heterocycles. The van der Waals surface area contributed by atoms with E-state index in [2.05, 4.69) is 4.90 Å². The van der Waals surface area contributed by atoms with E-state index in [9.17, 15) is 13.9 Å². The molecule has 0 saturated heterocycles. The van der Waals surface area contributed by atoms with E-state index >= 15 is 0 Å². The summed E-state index contributed by atoms with van der Waals surface area (Å²) in [5.74, 6) is -0.0208. The molecule has 3 nitrogen and oxygen atoms in total. The second-order valence-electron chi connectivity index (χ2n) is 4.15. The summed E-state index contributed by atoms with van der Waals surface area (Å²) >= 11 is 0. The molecular formula is C13H21ClF2N2O. The molecule has 0 saturated carbocycles. The fraction of sp³-hybridized carbons (Fsp3) is 0.538. The number of hydrogen-bond acceptors (Lipinski definition) is 3. The Morgan fingerprint density at radius 3 is 2.26 bits per heavy atom. The van der Waals surface area contributed by atoms with Crippen LogP contribution in [-0.4, -0.2) is 24.6 Å². The zero-order valence-electron chi connectivity index (χ0n) is 11.1. The summed E-state index contributed by atoms with van der Waals surface area (Å²) < 4.78 is 24.5. The number of anilines is 1. The second kappa shape index (κ2) is 8.17. The summed E-state index contributed by atoms with van der Waals surface area (Å²) in [6.07, 6.45) is -2.92. The number of nitrogens with two attached hydrogens (primary N) is 1. The first-order chi connectivity index (χ1) is 8.49. The summed E-state index contributed by atoms with van der Waals surface area (Å²) in [4.78, 5) is 2.06. The lowest BCUT2D eigenvalue weighted by molar-refractivity contribution is 0.128. The molecule has 110 valence electrons. The summed E-state index contributed by atoms with van der Waals surface area (Å²) in [5, 5.41) is 9.86. The van der Waals surface area contributed by atoms with Gasteiger partial charge < -0.3 is 15.7 Å².